The Morgan fingerprint density at radius 2 is 2.11 bits per heavy atom. The summed E-state index contributed by atoms with van der Waals surface area (Å²) >= 11 is 0. The van der Waals surface area contributed by atoms with Gasteiger partial charge >= 0.3 is 0 Å². The molecule has 0 aliphatic rings. The maximum atomic E-state index is 11.5. The van der Waals surface area contributed by atoms with E-state index in [4.69, 9.17) is 10.6 Å². The van der Waals surface area contributed by atoms with E-state index in [2.05, 4.69) is 15.7 Å². The van der Waals surface area contributed by atoms with Crippen molar-refractivity contribution in [3.05, 3.63) is 0 Å². The van der Waals surface area contributed by atoms with Crippen LogP contribution in [0.1, 0.15) is 6.92 Å². The van der Waals surface area contributed by atoms with Gasteiger partial charge in [-0.25, -0.2) is 18.6 Å². The van der Waals surface area contributed by atoms with Crippen molar-refractivity contribution in [1.29, 1.82) is 0 Å². The number of aliphatic imine (C=N–C) groups is 1. The van der Waals surface area contributed by atoms with Gasteiger partial charge in [0.1, 0.15) is 0 Å². The summed E-state index contributed by atoms with van der Waals surface area (Å²) in [5, 5.41) is 2.96. The van der Waals surface area contributed by atoms with E-state index < -0.39 is 10.0 Å². The fraction of sp³-hybridized carbons (Fsp3) is 0.889. The molecule has 0 saturated carbocycles. The monoisotopic (exact) mass is 281 g/mol. The van der Waals surface area contributed by atoms with Gasteiger partial charge in [-0.1, -0.05) is 0 Å². The molecule has 1 unspecified atom stereocenters. The van der Waals surface area contributed by atoms with Crippen molar-refractivity contribution in [1.82, 2.24) is 15.0 Å². The first-order valence-electron chi connectivity index (χ1n) is 5.50. The van der Waals surface area contributed by atoms with E-state index in [1.807, 2.05) is 6.92 Å². The lowest BCUT2D eigenvalue weighted by molar-refractivity contribution is 0.179. The molecule has 8 nitrogen and oxygen atoms in total. The summed E-state index contributed by atoms with van der Waals surface area (Å²) in [6.07, 6.45) is 0. The molecule has 0 amide bonds. The van der Waals surface area contributed by atoms with E-state index in [0.717, 1.165) is 0 Å². The molecule has 0 aromatic carbocycles. The number of methoxy groups -OCH3 is 1. The Kier molecular flexibility index (Phi) is 7.83. The number of nitrogens with one attached hydrogen (secondary N) is 2. The molecule has 0 aliphatic heterocycles. The van der Waals surface area contributed by atoms with Crippen molar-refractivity contribution < 1.29 is 13.2 Å². The number of hydrogen-bond acceptors (Lipinski definition) is 5. The molecule has 0 aromatic rings. The molecule has 18 heavy (non-hydrogen) atoms. The lowest BCUT2D eigenvalue weighted by Gasteiger charge is -2.15. The molecule has 108 valence electrons. The highest BCUT2D eigenvalue weighted by molar-refractivity contribution is 7.89. The summed E-state index contributed by atoms with van der Waals surface area (Å²) < 4.78 is 29.1. The number of hydrazine groups is 1. The number of nitrogens with zero attached hydrogens (tertiary/aromatic N) is 2. The second-order valence-electron chi connectivity index (χ2n) is 3.97. The summed E-state index contributed by atoms with van der Waals surface area (Å²) in [7, 11) is 1.33. The van der Waals surface area contributed by atoms with Gasteiger partial charge in [0, 0.05) is 27.2 Å². The summed E-state index contributed by atoms with van der Waals surface area (Å²) in [4.78, 5) is 4.04. The highest BCUT2D eigenvalue weighted by atomic mass is 32.2. The number of ether oxygens (including phenoxy) is 1. The van der Waals surface area contributed by atoms with Crippen molar-refractivity contribution in [2.24, 2.45) is 10.8 Å². The first-order chi connectivity index (χ1) is 8.33. The van der Waals surface area contributed by atoms with Crippen LogP contribution in [0.4, 0.5) is 0 Å². The average Bonchev–Trinajstić information content (AvgIpc) is 2.27. The second-order valence-corrected chi connectivity index (χ2v) is 6.28. The normalized spacial score (nSPS) is 14.7. The molecular formula is C9H23N5O3S. The van der Waals surface area contributed by atoms with Crippen molar-refractivity contribution in [2.75, 3.05) is 40.1 Å². The van der Waals surface area contributed by atoms with Crippen LogP contribution in [-0.4, -0.2) is 64.8 Å². The van der Waals surface area contributed by atoms with Crippen LogP contribution in [0.15, 0.2) is 4.99 Å². The van der Waals surface area contributed by atoms with Gasteiger partial charge in [0.05, 0.1) is 18.9 Å². The Morgan fingerprint density at radius 3 is 2.56 bits per heavy atom. The first-order valence-corrected chi connectivity index (χ1v) is 7.11. The van der Waals surface area contributed by atoms with Gasteiger partial charge in [-0.15, -0.1) is 0 Å². The Morgan fingerprint density at radius 1 is 1.50 bits per heavy atom. The Labute approximate surface area is 109 Å². The lowest BCUT2D eigenvalue weighted by atomic mass is 10.4. The molecule has 0 fully saturated rings. The molecule has 0 spiro atoms. The minimum atomic E-state index is -3.24. The number of hydrogen-bond donors (Lipinski definition) is 3. The minimum absolute atomic E-state index is 0.0234. The molecule has 0 aromatic heterocycles. The molecule has 0 rings (SSSR count). The molecule has 0 heterocycles. The maximum Gasteiger partial charge on any atom is 0.215 e. The molecule has 1 atom stereocenters. The molecule has 0 aliphatic carbocycles. The molecular weight excluding hydrogens is 258 g/mol. The smallest absolute Gasteiger partial charge is 0.215 e. The zero-order valence-electron chi connectivity index (χ0n) is 11.3. The Hall–Kier alpha value is -0.900. The number of guanidine groups is 1. The number of sulfonamides is 1. The van der Waals surface area contributed by atoms with Crippen LogP contribution in [0.2, 0.25) is 0 Å². The van der Waals surface area contributed by atoms with Crippen molar-refractivity contribution in [2.45, 2.75) is 13.0 Å². The highest BCUT2D eigenvalue weighted by Crippen LogP contribution is 1.93. The van der Waals surface area contributed by atoms with Gasteiger partial charge in [0.2, 0.25) is 16.0 Å². The predicted molar refractivity (Wildman–Crippen MR) is 71.6 cm³/mol. The van der Waals surface area contributed by atoms with E-state index in [9.17, 15) is 8.42 Å². The van der Waals surface area contributed by atoms with E-state index in [-0.39, 0.29) is 18.3 Å². The zero-order chi connectivity index (χ0) is 14.2. The third kappa shape index (κ3) is 6.74. The minimum Gasteiger partial charge on any atom is -0.383 e. The Balaban J connectivity index is 4.29. The molecule has 4 N–H and O–H groups in total. The Bertz CT molecular complexity index is 355. The SMILES string of the molecule is COCC(C)NC(=NCCS(=O)(=O)N(C)C)NN. The van der Waals surface area contributed by atoms with Crippen LogP contribution in [0, 0.1) is 0 Å². The molecule has 0 saturated heterocycles. The van der Waals surface area contributed by atoms with Crippen LogP contribution in [0.3, 0.4) is 0 Å². The summed E-state index contributed by atoms with van der Waals surface area (Å²) in [5.74, 6) is 5.56. The predicted octanol–water partition coefficient (Wildman–Crippen LogP) is -1.68. The highest BCUT2D eigenvalue weighted by Gasteiger charge is 2.12. The van der Waals surface area contributed by atoms with Crippen LogP contribution in [0.5, 0.6) is 0 Å². The van der Waals surface area contributed by atoms with Crippen LogP contribution >= 0.6 is 0 Å². The molecule has 0 bridgehead atoms. The van der Waals surface area contributed by atoms with Gasteiger partial charge in [0.15, 0.2) is 0 Å². The lowest BCUT2D eigenvalue weighted by Crippen LogP contribution is -2.47. The van der Waals surface area contributed by atoms with Crippen molar-refractivity contribution in [3.63, 3.8) is 0 Å². The van der Waals surface area contributed by atoms with Gasteiger partial charge in [0.25, 0.3) is 0 Å². The van der Waals surface area contributed by atoms with Crippen LogP contribution < -0.4 is 16.6 Å². The van der Waals surface area contributed by atoms with Crippen molar-refractivity contribution in [3.8, 4) is 0 Å². The largest absolute Gasteiger partial charge is 0.383 e. The van der Waals surface area contributed by atoms with Gasteiger partial charge in [-0.3, -0.25) is 10.4 Å². The third-order valence-electron chi connectivity index (χ3n) is 2.11. The number of rotatable bonds is 7. The maximum absolute atomic E-state index is 11.5. The zero-order valence-corrected chi connectivity index (χ0v) is 12.1. The van der Waals surface area contributed by atoms with Crippen LogP contribution in [-0.2, 0) is 14.8 Å². The topological polar surface area (TPSA) is 109 Å². The van der Waals surface area contributed by atoms with Crippen LogP contribution in [0.25, 0.3) is 0 Å². The van der Waals surface area contributed by atoms with E-state index in [1.165, 1.54) is 18.4 Å². The van der Waals surface area contributed by atoms with Gasteiger partial charge in [-0.05, 0) is 6.92 Å². The van der Waals surface area contributed by atoms with E-state index in [1.54, 1.807) is 7.11 Å². The van der Waals surface area contributed by atoms with Gasteiger partial charge < -0.3 is 10.1 Å². The fourth-order valence-electron chi connectivity index (χ4n) is 1.11. The average molecular weight is 281 g/mol. The molecule has 9 heteroatoms. The van der Waals surface area contributed by atoms with E-state index in [0.29, 0.717) is 12.6 Å². The third-order valence-corrected chi connectivity index (χ3v) is 3.92. The van der Waals surface area contributed by atoms with Crippen molar-refractivity contribution >= 4 is 16.0 Å². The van der Waals surface area contributed by atoms with Gasteiger partial charge in [-0.2, -0.15) is 0 Å². The number of nitrogens with two attached hydrogens (primary N) is 1. The summed E-state index contributed by atoms with van der Waals surface area (Å²) in [6, 6.07) is 0.0234. The summed E-state index contributed by atoms with van der Waals surface area (Å²) in [6.45, 7) is 2.52. The summed E-state index contributed by atoms with van der Waals surface area (Å²) in [5.41, 5.74) is 2.38. The quantitative estimate of drug-likeness (QED) is 0.223. The first kappa shape index (κ1) is 17.1. The fourth-order valence-corrected chi connectivity index (χ4v) is 1.80. The van der Waals surface area contributed by atoms with E-state index >= 15 is 0 Å². The molecule has 0 radical (unpaired) electrons. The standard InChI is InChI=1S/C9H23N5O3S/c1-8(7-17-4)12-9(13-10)11-5-6-18(15,16)14(2)3/h8H,5-7,10H2,1-4H3,(H2,11,12,13). The second kappa shape index (κ2) is 8.25.